The van der Waals surface area contributed by atoms with Crippen LogP contribution in [0.4, 0.5) is 0 Å². The van der Waals surface area contributed by atoms with Crippen molar-refractivity contribution < 1.29 is 9.47 Å². The molecule has 3 heteroatoms. The number of rotatable bonds is 2. The quantitative estimate of drug-likeness (QED) is 0.833. The molecule has 2 N–H and O–H groups in total. The smallest absolute Gasteiger partial charge is 0.166 e. The van der Waals surface area contributed by atoms with Crippen LogP contribution in [0, 0.1) is 5.92 Å². The minimum atomic E-state index is -0.397. The lowest BCUT2D eigenvalue weighted by atomic mass is 9.82. The molecule has 88 valence electrons. The first kappa shape index (κ1) is 11.3. The highest BCUT2D eigenvalue weighted by molar-refractivity contribution is 5.50. The molecule has 1 heterocycles. The molecule has 2 rings (SSSR count). The van der Waals surface area contributed by atoms with Crippen LogP contribution < -0.4 is 15.2 Å². The maximum absolute atomic E-state index is 6.37. The average molecular weight is 221 g/mol. The lowest BCUT2D eigenvalue weighted by molar-refractivity contribution is 0.165. The summed E-state index contributed by atoms with van der Waals surface area (Å²) in [5.41, 5.74) is 7.00. The Kier molecular flexibility index (Phi) is 2.80. The standard InChI is InChI=1S/C13H19NO2/c1-9(2)13(3,14)10-5-4-6-11-12(10)16-8-7-15-11/h4-6,9H,7-8,14H2,1-3H3. The van der Waals surface area contributed by atoms with E-state index in [-0.39, 0.29) is 0 Å². The highest BCUT2D eigenvalue weighted by atomic mass is 16.6. The van der Waals surface area contributed by atoms with Gasteiger partial charge in [-0.3, -0.25) is 0 Å². The van der Waals surface area contributed by atoms with E-state index in [1.54, 1.807) is 0 Å². The van der Waals surface area contributed by atoms with Crippen LogP contribution in [0.15, 0.2) is 18.2 Å². The summed E-state index contributed by atoms with van der Waals surface area (Å²) in [7, 11) is 0. The maximum atomic E-state index is 6.37. The zero-order valence-corrected chi connectivity index (χ0v) is 10.1. The van der Waals surface area contributed by atoms with Gasteiger partial charge in [-0.1, -0.05) is 26.0 Å². The van der Waals surface area contributed by atoms with Crippen LogP contribution in [-0.2, 0) is 5.54 Å². The van der Waals surface area contributed by atoms with Gasteiger partial charge in [0.15, 0.2) is 11.5 Å². The Hall–Kier alpha value is -1.22. The third-order valence-electron chi connectivity index (χ3n) is 3.35. The number of fused-ring (bicyclic) bond motifs is 1. The Bertz CT molecular complexity index is 386. The summed E-state index contributed by atoms with van der Waals surface area (Å²) in [6.45, 7) is 7.47. The van der Waals surface area contributed by atoms with E-state index in [1.807, 2.05) is 25.1 Å². The van der Waals surface area contributed by atoms with Gasteiger partial charge in [0.25, 0.3) is 0 Å². The summed E-state index contributed by atoms with van der Waals surface area (Å²) < 4.78 is 11.2. The fourth-order valence-corrected chi connectivity index (χ4v) is 1.81. The lowest BCUT2D eigenvalue weighted by Crippen LogP contribution is -2.39. The van der Waals surface area contributed by atoms with E-state index in [2.05, 4.69) is 13.8 Å². The van der Waals surface area contributed by atoms with Crippen LogP contribution in [0.2, 0.25) is 0 Å². The minimum absolute atomic E-state index is 0.338. The molecule has 0 amide bonds. The van der Waals surface area contributed by atoms with Gasteiger partial charge in [0.05, 0.1) is 0 Å². The summed E-state index contributed by atoms with van der Waals surface area (Å²) in [4.78, 5) is 0. The van der Waals surface area contributed by atoms with Gasteiger partial charge in [0, 0.05) is 11.1 Å². The third-order valence-corrected chi connectivity index (χ3v) is 3.35. The number of ether oxygens (including phenoxy) is 2. The van der Waals surface area contributed by atoms with Crippen LogP contribution in [0.3, 0.4) is 0 Å². The molecule has 0 spiro atoms. The van der Waals surface area contributed by atoms with E-state index in [4.69, 9.17) is 15.2 Å². The summed E-state index contributed by atoms with van der Waals surface area (Å²) in [5.74, 6) is 1.96. The zero-order chi connectivity index (χ0) is 11.8. The van der Waals surface area contributed by atoms with E-state index >= 15 is 0 Å². The number of hydrogen-bond acceptors (Lipinski definition) is 3. The molecule has 0 saturated carbocycles. The molecule has 1 aromatic rings. The molecule has 0 fully saturated rings. The molecule has 1 unspecified atom stereocenters. The van der Waals surface area contributed by atoms with Gasteiger partial charge in [0.2, 0.25) is 0 Å². The first-order chi connectivity index (χ1) is 7.53. The molecule has 0 aliphatic carbocycles. The van der Waals surface area contributed by atoms with Gasteiger partial charge in [-0.2, -0.15) is 0 Å². The molecule has 1 atom stereocenters. The summed E-state index contributed by atoms with van der Waals surface area (Å²) >= 11 is 0. The molecule has 1 aliphatic heterocycles. The van der Waals surface area contributed by atoms with Crippen LogP contribution in [0.1, 0.15) is 26.3 Å². The topological polar surface area (TPSA) is 44.5 Å². The SMILES string of the molecule is CC(C)C(C)(N)c1cccc2c1OCCO2. The number of hydrogen-bond donors (Lipinski definition) is 1. The second-order valence-electron chi connectivity index (χ2n) is 4.77. The molecule has 1 aliphatic rings. The number of para-hydroxylation sites is 1. The zero-order valence-electron chi connectivity index (χ0n) is 10.1. The average Bonchev–Trinajstić information content (AvgIpc) is 2.28. The van der Waals surface area contributed by atoms with Gasteiger partial charge in [-0.05, 0) is 18.9 Å². The van der Waals surface area contributed by atoms with Crippen molar-refractivity contribution in [3.8, 4) is 11.5 Å². The molecule has 0 radical (unpaired) electrons. The van der Waals surface area contributed by atoms with Gasteiger partial charge < -0.3 is 15.2 Å². The first-order valence-corrected chi connectivity index (χ1v) is 5.71. The highest BCUT2D eigenvalue weighted by Gasteiger charge is 2.31. The Morgan fingerprint density at radius 3 is 2.62 bits per heavy atom. The normalized spacial score (nSPS) is 18.3. The van der Waals surface area contributed by atoms with Crippen LogP contribution >= 0.6 is 0 Å². The minimum Gasteiger partial charge on any atom is -0.486 e. The molecule has 1 aromatic carbocycles. The Balaban J connectivity index is 2.49. The molecule has 16 heavy (non-hydrogen) atoms. The summed E-state index contributed by atoms with van der Waals surface area (Å²) in [6, 6.07) is 5.91. The third kappa shape index (κ3) is 1.76. The van der Waals surface area contributed by atoms with Gasteiger partial charge in [0.1, 0.15) is 13.2 Å². The van der Waals surface area contributed by atoms with Crippen molar-refractivity contribution in [3.05, 3.63) is 23.8 Å². The van der Waals surface area contributed by atoms with Gasteiger partial charge in [-0.15, -0.1) is 0 Å². The second kappa shape index (κ2) is 3.98. The van der Waals surface area contributed by atoms with Crippen molar-refractivity contribution in [1.29, 1.82) is 0 Å². The number of benzene rings is 1. The fourth-order valence-electron chi connectivity index (χ4n) is 1.81. The van der Waals surface area contributed by atoms with Crippen molar-refractivity contribution in [2.45, 2.75) is 26.3 Å². The monoisotopic (exact) mass is 221 g/mol. The summed E-state index contributed by atoms with van der Waals surface area (Å²) in [5, 5.41) is 0. The molecule has 3 nitrogen and oxygen atoms in total. The molecule has 0 bridgehead atoms. The van der Waals surface area contributed by atoms with Gasteiger partial charge >= 0.3 is 0 Å². The largest absolute Gasteiger partial charge is 0.486 e. The van der Waals surface area contributed by atoms with Crippen molar-refractivity contribution in [3.63, 3.8) is 0 Å². The Morgan fingerprint density at radius 1 is 1.25 bits per heavy atom. The molecular weight excluding hydrogens is 202 g/mol. The van der Waals surface area contributed by atoms with Gasteiger partial charge in [-0.25, -0.2) is 0 Å². The van der Waals surface area contributed by atoms with E-state index in [0.29, 0.717) is 19.1 Å². The lowest BCUT2D eigenvalue weighted by Gasteiger charge is -2.33. The van der Waals surface area contributed by atoms with E-state index in [1.165, 1.54) is 0 Å². The van der Waals surface area contributed by atoms with Crippen molar-refractivity contribution in [2.24, 2.45) is 11.7 Å². The Labute approximate surface area is 96.5 Å². The van der Waals surface area contributed by atoms with E-state index in [0.717, 1.165) is 17.1 Å². The molecule has 0 saturated heterocycles. The first-order valence-electron chi connectivity index (χ1n) is 5.71. The Morgan fingerprint density at radius 2 is 1.94 bits per heavy atom. The number of nitrogens with two attached hydrogens (primary N) is 1. The van der Waals surface area contributed by atoms with E-state index < -0.39 is 5.54 Å². The predicted octanol–water partition coefficient (Wildman–Crippen LogP) is 2.29. The van der Waals surface area contributed by atoms with Crippen molar-refractivity contribution in [1.82, 2.24) is 0 Å². The van der Waals surface area contributed by atoms with Crippen LogP contribution in [0.25, 0.3) is 0 Å². The fraction of sp³-hybridized carbons (Fsp3) is 0.538. The van der Waals surface area contributed by atoms with Crippen molar-refractivity contribution >= 4 is 0 Å². The highest BCUT2D eigenvalue weighted by Crippen LogP contribution is 2.40. The van der Waals surface area contributed by atoms with Crippen molar-refractivity contribution in [2.75, 3.05) is 13.2 Å². The molecule has 0 aromatic heterocycles. The summed E-state index contributed by atoms with van der Waals surface area (Å²) in [6.07, 6.45) is 0. The predicted molar refractivity (Wildman–Crippen MR) is 63.8 cm³/mol. The van der Waals surface area contributed by atoms with E-state index in [9.17, 15) is 0 Å². The van der Waals surface area contributed by atoms with Crippen LogP contribution in [-0.4, -0.2) is 13.2 Å². The second-order valence-corrected chi connectivity index (χ2v) is 4.77. The van der Waals surface area contributed by atoms with Crippen LogP contribution in [0.5, 0.6) is 11.5 Å². The maximum Gasteiger partial charge on any atom is 0.166 e. The molecular formula is C13H19NO2.